The SMILES string of the molecule is Cc1noc(N2CC3CC[C@@H](C2)C3Nc2nc3n(n2)CCCC3c2ccc(OC(F)(F)F)cc2)n1. The minimum atomic E-state index is -4.70. The van der Waals surface area contributed by atoms with Crippen LogP contribution in [0.4, 0.5) is 25.1 Å². The summed E-state index contributed by atoms with van der Waals surface area (Å²) in [4.78, 5) is 11.4. The predicted molar refractivity (Wildman–Crippen MR) is 119 cm³/mol. The van der Waals surface area contributed by atoms with E-state index in [4.69, 9.17) is 14.6 Å². The Morgan fingerprint density at radius 1 is 1.06 bits per heavy atom. The Morgan fingerprint density at radius 3 is 2.46 bits per heavy atom. The van der Waals surface area contributed by atoms with Gasteiger partial charge in [0.2, 0.25) is 5.95 Å². The third-order valence-corrected chi connectivity index (χ3v) is 7.31. The van der Waals surface area contributed by atoms with Crippen molar-refractivity contribution in [3.63, 3.8) is 0 Å². The van der Waals surface area contributed by atoms with Crippen molar-refractivity contribution in [3.05, 3.63) is 41.5 Å². The number of benzene rings is 1. The van der Waals surface area contributed by atoms with Crippen molar-refractivity contribution in [2.45, 2.75) is 57.5 Å². The highest BCUT2D eigenvalue weighted by atomic mass is 19.4. The van der Waals surface area contributed by atoms with E-state index in [2.05, 4.69) is 25.1 Å². The summed E-state index contributed by atoms with van der Waals surface area (Å²) >= 11 is 0. The Bertz CT molecular complexity index is 1180. The number of anilines is 2. The van der Waals surface area contributed by atoms with Crippen LogP contribution in [0.2, 0.25) is 0 Å². The molecule has 12 heteroatoms. The maximum atomic E-state index is 12.5. The Hall–Kier alpha value is -3.31. The lowest BCUT2D eigenvalue weighted by Gasteiger charge is -2.37. The standard InChI is InChI=1S/C23H26F3N7O2/c1-13-27-22(35-31-13)32-11-15-4-5-16(12-32)19(15)28-21-29-20-18(3-2-10-33(20)30-21)14-6-8-17(9-7-14)34-23(24,25)26/h6-9,15-16,18-19H,2-5,10-12H2,1H3,(H,28,30)/t15-,16?,18?,19?/m0/s1. The Kier molecular flexibility index (Phi) is 5.33. The van der Waals surface area contributed by atoms with Crippen molar-refractivity contribution in [1.29, 1.82) is 0 Å². The minimum Gasteiger partial charge on any atom is -0.406 e. The number of halogens is 3. The van der Waals surface area contributed by atoms with Gasteiger partial charge in [-0.2, -0.15) is 9.97 Å². The molecule has 9 nitrogen and oxygen atoms in total. The van der Waals surface area contributed by atoms with E-state index in [0.29, 0.717) is 29.6 Å². The summed E-state index contributed by atoms with van der Waals surface area (Å²) in [5.74, 6) is 2.71. The van der Waals surface area contributed by atoms with Gasteiger partial charge in [-0.15, -0.1) is 18.3 Å². The van der Waals surface area contributed by atoms with Gasteiger partial charge in [-0.1, -0.05) is 17.3 Å². The van der Waals surface area contributed by atoms with E-state index < -0.39 is 6.36 Å². The number of aryl methyl sites for hydroxylation is 2. The molecule has 1 saturated heterocycles. The molecule has 0 radical (unpaired) electrons. The molecule has 2 bridgehead atoms. The molecule has 1 aliphatic carbocycles. The minimum absolute atomic E-state index is 0.0222. The molecule has 3 unspecified atom stereocenters. The fourth-order valence-electron chi connectivity index (χ4n) is 5.81. The largest absolute Gasteiger partial charge is 0.573 e. The molecule has 1 saturated carbocycles. The zero-order valence-corrected chi connectivity index (χ0v) is 19.2. The van der Waals surface area contributed by atoms with Gasteiger partial charge in [-0.3, -0.25) is 0 Å². The monoisotopic (exact) mass is 489 g/mol. The molecule has 2 aromatic heterocycles. The zero-order valence-electron chi connectivity index (χ0n) is 19.2. The highest BCUT2D eigenvalue weighted by Crippen LogP contribution is 2.40. The Balaban J connectivity index is 1.17. The quantitative estimate of drug-likeness (QED) is 0.572. The van der Waals surface area contributed by atoms with E-state index in [0.717, 1.165) is 56.7 Å². The molecule has 2 fully saturated rings. The second-order valence-corrected chi connectivity index (χ2v) is 9.63. The molecule has 186 valence electrons. The summed E-state index contributed by atoms with van der Waals surface area (Å²) in [6, 6.07) is 6.93. The molecule has 3 aliphatic rings. The van der Waals surface area contributed by atoms with Crippen LogP contribution in [0.15, 0.2) is 28.8 Å². The van der Waals surface area contributed by atoms with Crippen LogP contribution >= 0.6 is 0 Å². The average molecular weight is 490 g/mol. The van der Waals surface area contributed by atoms with Crippen molar-refractivity contribution < 1.29 is 22.4 Å². The van der Waals surface area contributed by atoms with Crippen LogP contribution < -0.4 is 15.0 Å². The summed E-state index contributed by atoms with van der Waals surface area (Å²) in [6.45, 7) is 4.29. The van der Waals surface area contributed by atoms with Gasteiger partial charge in [0.05, 0.1) is 0 Å². The maximum absolute atomic E-state index is 12.5. The van der Waals surface area contributed by atoms with Crippen molar-refractivity contribution in [2.24, 2.45) is 11.8 Å². The van der Waals surface area contributed by atoms with Crippen molar-refractivity contribution in [2.75, 3.05) is 23.3 Å². The molecule has 4 heterocycles. The number of piperidine rings is 1. The molecule has 3 aromatic rings. The van der Waals surface area contributed by atoms with Gasteiger partial charge < -0.3 is 19.5 Å². The van der Waals surface area contributed by atoms with E-state index in [1.165, 1.54) is 12.1 Å². The first-order valence-corrected chi connectivity index (χ1v) is 11.9. The van der Waals surface area contributed by atoms with Crippen molar-refractivity contribution in [3.8, 4) is 5.75 Å². The summed E-state index contributed by atoms with van der Waals surface area (Å²) in [5, 5.41) is 12.2. The normalized spacial score (nSPS) is 26.0. The van der Waals surface area contributed by atoms with Crippen LogP contribution in [-0.2, 0) is 6.54 Å². The molecule has 1 aromatic carbocycles. The van der Waals surface area contributed by atoms with Gasteiger partial charge in [0.25, 0.3) is 0 Å². The van der Waals surface area contributed by atoms with Gasteiger partial charge in [0, 0.05) is 31.6 Å². The number of hydrogen-bond acceptors (Lipinski definition) is 8. The third kappa shape index (κ3) is 4.41. The van der Waals surface area contributed by atoms with Gasteiger partial charge in [0.15, 0.2) is 5.82 Å². The number of nitrogens with zero attached hydrogens (tertiary/aromatic N) is 6. The molecule has 2 aliphatic heterocycles. The predicted octanol–water partition coefficient (Wildman–Crippen LogP) is 4.12. The molecule has 4 atom stereocenters. The molecule has 0 amide bonds. The van der Waals surface area contributed by atoms with Gasteiger partial charge >= 0.3 is 12.4 Å². The topological polar surface area (TPSA) is 94.1 Å². The summed E-state index contributed by atoms with van der Waals surface area (Å²) in [5.41, 5.74) is 0.905. The number of alkyl halides is 3. The second kappa shape index (κ2) is 8.42. The lowest BCUT2D eigenvalue weighted by Crippen LogP contribution is -2.48. The lowest BCUT2D eigenvalue weighted by atomic mass is 9.91. The number of nitrogens with one attached hydrogen (secondary N) is 1. The average Bonchev–Trinajstić information content (AvgIpc) is 3.48. The van der Waals surface area contributed by atoms with E-state index in [1.807, 2.05) is 11.6 Å². The fourth-order valence-corrected chi connectivity index (χ4v) is 5.81. The van der Waals surface area contributed by atoms with E-state index >= 15 is 0 Å². The van der Waals surface area contributed by atoms with Gasteiger partial charge in [-0.25, -0.2) is 4.68 Å². The van der Waals surface area contributed by atoms with Crippen LogP contribution in [0.3, 0.4) is 0 Å². The highest BCUT2D eigenvalue weighted by molar-refractivity contribution is 5.37. The third-order valence-electron chi connectivity index (χ3n) is 7.31. The lowest BCUT2D eigenvalue weighted by molar-refractivity contribution is -0.274. The smallest absolute Gasteiger partial charge is 0.406 e. The molecule has 1 N–H and O–H groups in total. The molecular weight excluding hydrogens is 463 g/mol. The van der Waals surface area contributed by atoms with Crippen molar-refractivity contribution >= 4 is 12.0 Å². The second-order valence-electron chi connectivity index (χ2n) is 9.63. The Morgan fingerprint density at radius 2 is 1.80 bits per heavy atom. The number of fused-ring (bicyclic) bond motifs is 3. The number of ether oxygens (including phenoxy) is 1. The summed E-state index contributed by atoms with van der Waals surface area (Å²) in [7, 11) is 0. The number of rotatable bonds is 5. The summed E-state index contributed by atoms with van der Waals surface area (Å²) in [6.07, 6.45) is -0.671. The van der Waals surface area contributed by atoms with Gasteiger partial charge in [-0.05, 0) is 62.1 Å². The van der Waals surface area contributed by atoms with Crippen molar-refractivity contribution in [1.82, 2.24) is 24.9 Å². The van der Waals surface area contributed by atoms with Crippen LogP contribution in [-0.4, -0.2) is 50.4 Å². The highest BCUT2D eigenvalue weighted by Gasteiger charge is 2.44. The first kappa shape index (κ1) is 22.2. The first-order valence-electron chi connectivity index (χ1n) is 11.9. The van der Waals surface area contributed by atoms with Crippen LogP contribution in [0, 0.1) is 18.8 Å². The molecule has 35 heavy (non-hydrogen) atoms. The number of hydrogen-bond donors (Lipinski definition) is 1. The van der Waals surface area contributed by atoms with E-state index in [-0.39, 0.29) is 17.7 Å². The van der Waals surface area contributed by atoms with Crippen LogP contribution in [0.5, 0.6) is 5.75 Å². The van der Waals surface area contributed by atoms with Crippen LogP contribution in [0.1, 0.15) is 48.8 Å². The number of aromatic nitrogens is 5. The zero-order chi connectivity index (χ0) is 24.2. The molecule has 0 spiro atoms. The Labute approximate surface area is 199 Å². The first-order chi connectivity index (χ1) is 16.8. The molecule has 6 rings (SSSR count). The van der Waals surface area contributed by atoms with E-state index in [9.17, 15) is 13.2 Å². The maximum Gasteiger partial charge on any atom is 0.573 e. The summed E-state index contributed by atoms with van der Waals surface area (Å²) < 4.78 is 48.8. The van der Waals surface area contributed by atoms with Gasteiger partial charge in [0.1, 0.15) is 11.6 Å². The van der Waals surface area contributed by atoms with E-state index in [1.54, 1.807) is 12.1 Å². The fraction of sp³-hybridized carbons (Fsp3) is 0.565. The molecular formula is C23H26F3N7O2. The van der Waals surface area contributed by atoms with Crippen LogP contribution in [0.25, 0.3) is 0 Å².